The van der Waals surface area contributed by atoms with E-state index in [2.05, 4.69) is 30.5 Å². The summed E-state index contributed by atoms with van der Waals surface area (Å²) in [6.45, 7) is 1.94. The number of hydrogen-bond donors (Lipinski definition) is 3. The zero-order chi connectivity index (χ0) is 19.8. The number of aromatic nitrogens is 5. The third-order valence-corrected chi connectivity index (χ3v) is 4.98. The average molecular weight is 382 g/mol. The maximum atomic E-state index is 12.7. The van der Waals surface area contributed by atoms with E-state index in [1.807, 2.05) is 61.5 Å². The molecular formula is C22H18N6O. The van der Waals surface area contributed by atoms with E-state index in [0.29, 0.717) is 11.0 Å². The van der Waals surface area contributed by atoms with Crippen LogP contribution in [0.3, 0.4) is 0 Å². The zero-order valence-electron chi connectivity index (χ0n) is 15.7. The second kappa shape index (κ2) is 6.87. The molecule has 1 amide bonds. The summed E-state index contributed by atoms with van der Waals surface area (Å²) >= 11 is 0. The number of H-pyrrole nitrogens is 2. The van der Waals surface area contributed by atoms with E-state index in [-0.39, 0.29) is 17.8 Å². The molecule has 0 aliphatic rings. The van der Waals surface area contributed by atoms with Gasteiger partial charge in [0.15, 0.2) is 0 Å². The molecule has 3 aromatic heterocycles. The molecule has 0 bridgehead atoms. The van der Waals surface area contributed by atoms with Crippen molar-refractivity contribution >= 4 is 27.8 Å². The first-order valence-corrected chi connectivity index (χ1v) is 9.33. The van der Waals surface area contributed by atoms with Gasteiger partial charge in [-0.05, 0) is 36.8 Å². The van der Waals surface area contributed by atoms with Crippen molar-refractivity contribution in [2.24, 2.45) is 0 Å². The third kappa shape index (κ3) is 3.12. The number of nitrogens with one attached hydrogen (secondary N) is 3. The van der Waals surface area contributed by atoms with Gasteiger partial charge in [0.05, 0.1) is 28.3 Å². The van der Waals surface area contributed by atoms with E-state index >= 15 is 0 Å². The van der Waals surface area contributed by atoms with Gasteiger partial charge in [-0.25, -0.2) is 9.97 Å². The van der Waals surface area contributed by atoms with Gasteiger partial charge < -0.3 is 10.4 Å². The molecule has 29 heavy (non-hydrogen) atoms. The van der Waals surface area contributed by atoms with E-state index in [4.69, 9.17) is 0 Å². The largest absolute Gasteiger partial charge is 0.343 e. The molecule has 3 N–H and O–H groups in total. The lowest BCUT2D eigenvalue weighted by molar-refractivity contribution is 0.0930. The lowest BCUT2D eigenvalue weighted by Gasteiger charge is -2.12. The van der Waals surface area contributed by atoms with Gasteiger partial charge in [-0.15, -0.1) is 0 Å². The van der Waals surface area contributed by atoms with E-state index in [0.717, 1.165) is 27.7 Å². The fourth-order valence-electron chi connectivity index (χ4n) is 3.45. The topological polar surface area (TPSA) is 99.3 Å². The normalized spacial score (nSPS) is 12.3. The summed E-state index contributed by atoms with van der Waals surface area (Å²) in [6.07, 6.45) is 3.50. The van der Waals surface area contributed by atoms with Crippen molar-refractivity contribution in [3.63, 3.8) is 0 Å². The van der Waals surface area contributed by atoms with E-state index < -0.39 is 0 Å². The molecule has 0 aliphatic heterocycles. The van der Waals surface area contributed by atoms with Gasteiger partial charge in [0, 0.05) is 23.3 Å². The highest BCUT2D eigenvalue weighted by Crippen LogP contribution is 2.28. The van der Waals surface area contributed by atoms with Crippen LogP contribution in [-0.4, -0.2) is 31.1 Å². The Morgan fingerprint density at radius 1 is 0.966 bits per heavy atom. The predicted molar refractivity (Wildman–Crippen MR) is 111 cm³/mol. The van der Waals surface area contributed by atoms with Crippen LogP contribution < -0.4 is 5.32 Å². The fourth-order valence-corrected chi connectivity index (χ4v) is 3.45. The molecular weight excluding hydrogens is 364 g/mol. The molecule has 1 atom stereocenters. The van der Waals surface area contributed by atoms with Crippen molar-refractivity contribution in [1.29, 1.82) is 0 Å². The summed E-state index contributed by atoms with van der Waals surface area (Å²) < 4.78 is 0. The van der Waals surface area contributed by atoms with Crippen LogP contribution in [0.15, 0.2) is 67.0 Å². The van der Waals surface area contributed by atoms with Crippen LogP contribution in [0, 0.1) is 0 Å². The molecule has 0 radical (unpaired) electrons. The molecule has 7 heteroatoms. The highest BCUT2D eigenvalue weighted by atomic mass is 16.2. The van der Waals surface area contributed by atoms with Crippen molar-refractivity contribution in [2.75, 3.05) is 0 Å². The number of imidazole rings is 1. The van der Waals surface area contributed by atoms with Crippen LogP contribution in [0.2, 0.25) is 0 Å². The number of carbonyl (C=O) groups is 1. The van der Waals surface area contributed by atoms with E-state index in [1.54, 1.807) is 12.4 Å². The van der Waals surface area contributed by atoms with E-state index in [1.165, 1.54) is 0 Å². The molecule has 0 saturated carbocycles. The Kier molecular flexibility index (Phi) is 4.05. The Morgan fingerprint density at radius 3 is 2.45 bits per heavy atom. The number of fused-ring (bicyclic) bond motifs is 2. The zero-order valence-corrected chi connectivity index (χ0v) is 15.7. The summed E-state index contributed by atoms with van der Waals surface area (Å²) in [5.74, 6) is -0.119. The predicted octanol–water partition coefficient (Wildman–Crippen LogP) is 3.99. The summed E-state index contributed by atoms with van der Waals surface area (Å²) in [4.78, 5) is 25.6. The number of rotatable bonds is 4. The van der Waals surface area contributed by atoms with E-state index in [9.17, 15) is 4.79 Å². The molecule has 3 heterocycles. The molecule has 2 aromatic carbocycles. The van der Waals surface area contributed by atoms with Gasteiger partial charge in [-0.1, -0.05) is 30.3 Å². The molecule has 0 spiro atoms. The van der Waals surface area contributed by atoms with Crippen LogP contribution >= 0.6 is 0 Å². The summed E-state index contributed by atoms with van der Waals surface area (Å²) in [6, 6.07) is 17.4. The van der Waals surface area contributed by atoms with Crippen molar-refractivity contribution in [2.45, 2.75) is 13.0 Å². The second-order valence-electron chi connectivity index (χ2n) is 6.90. The fraction of sp³-hybridized carbons (Fsp3) is 0.0909. The first kappa shape index (κ1) is 17.1. The molecule has 5 aromatic rings. The Labute approximate surface area is 166 Å². The van der Waals surface area contributed by atoms with Crippen molar-refractivity contribution in [3.8, 4) is 11.3 Å². The lowest BCUT2D eigenvalue weighted by atomic mass is 10.1. The molecule has 0 unspecified atom stereocenters. The summed E-state index contributed by atoms with van der Waals surface area (Å²) in [5.41, 5.74) is 5.23. The maximum absolute atomic E-state index is 12.7. The maximum Gasteiger partial charge on any atom is 0.289 e. The Morgan fingerprint density at radius 2 is 1.69 bits per heavy atom. The SMILES string of the molecule is C[C@@H](NC(=O)c1nc2cc3[nH][nH]c(-c4ccncc4)c3cc2n1)c1ccccc1. The Balaban J connectivity index is 1.48. The number of hydrogen-bond acceptors (Lipinski definition) is 4. The number of benzene rings is 2. The lowest BCUT2D eigenvalue weighted by Crippen LogP contribution is -2.27. The number of aromatic amines is 2. The van der Waals surface area contributed by atoms with Crippen LogP contribution in [0.1, 0.15) is 29.1 Å². The smallest absolute Gasteiger partial charge is 0.289 e. The van der Waals surface area contributed by atoms with Crippen LogP contribution in [0.5, 0.6) is 0 Å². The van der Waals surface area contributed by atoms with Gasteiger partial charge in [0.1, 0.15) is 0 Å². The second-order valence-corrected chi connectivity index (χ2v) is 6.90. The van der Waals surface area contributed by atoms with Crippen LogP contribution in [0.4, 0.5) is 0 Å². The summed E-state index contributed by atoms with van der Waals surface area (Å²) in [5, 5.41) is 10.3. The first-order chi connectivity index (χ1) is 14.2. The van der Waals surface area contributed by atoms with Gasteiger partial charge in [0.25, 0.3) is 5.91 Å². The minimum Gasteiger partial charge on any atom is -0.343 e. The van der Waals surface area contributed by atoms with Gasteiger partial charge in [-0.3, -0.25) is 14.9 Å². The van der Waals surface area contributed by atoms with Crippen LogP contribution in [0.25, 0.3) is 33.2 Å². The van der Waals surface area contributed by atoms with Gasteiger partial charge in [0.2, 0.25) is 5.82 Å². The molecule has 0 aliphatic carbocycles. The molecule has 5 rings (SSSR count). The van der Waals surface area contributed by atoms with Crippen molar-refractivity contribution in [1.82, 2.24) is 30.5 Å². The van der Waals surface area contributed by atoms with Crippen molar-refractivity contribution < 1.29 is 4.79 Å². The van der Waals surface area contributed by atoms with Crippen molar-refractivity contribution in [3.05, 3.63) is 78.4 Å². The number of nitrogens with zero attached hydrogens (tertiary/aromatic N) is 3. The Bertz CT molecular complexity index is 1310. The number of pyridine rings is 1. The quantitative estimate of drug-likeness (QED) is 0.437. The molecule has 142 valence electrons. The Hall–Kier alpha value is -4.00. The van der Waals surface area contributed by atoms with Crippen LogP contribution in [-0.2, 0) is 0 Å². The average Bonchev–Trinajstić information content (AvgIpc) is 3.36. The third-order valence-electron chi connectivity index (χ3n) is 4.98. The molecule has 0 fully saturated rings. The monoisotopic (exact) mass is 382 g/mol. The molecule has 0 saturated heterocycles. The molecule has 7 nitrogen and oxygen atoms in total. The highest BCUT2D eigenvalue weighted by molar-refractivity contribution is 6.02. The first-order valence-electron chi connectivity index (χ1n) is 9.33. The minimum absolute atomic E-state index is 0.132. The number of amides is 1. The van der Waals surface area contributed by atoms with Gasteiger partial charge in [-0.2, -0.15) is 0 Å². The van der Waals surface area contributed by atoms with Gasteiger partial charge >= 0.3 is 0 Å². The number of carbonyl (C=O) groups excluding carboxylic acids is 1. The standard InChI is InChI=1S/C22H18N6O/c1-13(14-5-3-2-4-6-14)24-22(29)21-25-18-11-16-17(12-19(18)26-21)27-28-20(16)15-7-9-23-10-8-15/h2-13,27-28H,1H3,(H,24,29)/t13-/m1/s1. The minimum atomic E-state index is -0.290. The summed E-state index contributed by atoms with van der Waals surface area (Å²) in [7, 11) is 0. The highest BCUT2D eigenvalue weighted by Gasteiger charge is 2.17.